The van der Waals surface area contributed by atoms with Gasteiger partial charge in [0.05, 0.1) is 11.2 Å². The zero-order chi connectivity index (χ0) is 23.7. The van der Waals surface area contributed by atoms with Gasteiger partial charge in [-0.15, -0.1) is 0 Å². The molecule has 5 nitrogen and oxygen atoms in total. The van der Waals surface area contributed by atoms with Crippen LogP contribution < -0.4 is 10.3 Å². The van der Waals surface area contributed by atoms with Gasteiger partial charge in [0.15, 0.2) is 5.03 Å². The minimum atomic E-state index is -4.42. The molecule has 0 aliphatic carbocycles. The second-order valence-corrected chi connectivity index (χ2v) is 9.10. The molecule has 0 unspecified atom stereocenters. The SMILES string of the molecule is Cc1cc(-n2ccnc(Sc3ccc(C(F)(F)F)cc3)c2=O)cc(C)c1OCC(C)(C)O. The molecular weight excluding hydrogens is 441 g/mol. The quantitative estimate of drug-likeness (QED) is 0.545. The standard InChI is InChI=1S/C23H23F3N2O3S/c1-14-11-17(12-15(2)19(14)31-13-22(3,4)30)28-10-9-27-20(21(28)29)32-18-7-5-16(6-8-18)23(24,25)26/h5-12,30H,13H2,1-4H3. The fourth-order valence-electron chi connectivity index (χ4n) is 3.03. The van der Waals surface area contributed by atoms with Gasteiger partial charge < -0.3 is 9.84 Å². The van der Waals surface area contributed by atoms with E-state index in [9.17, 15) is 23.1 Å². The monoisotopic (exact) mass is 464 g/mol. The maximum Gasteiger partial charge on any atom is 0.416 e. The first-order chi connectivity index (χ1) is 14.8. The van der Waals surface area contributed by atoms with Crippen molar-refractivity contribution in [1.29, 1.82) is 0 Å². The van der Waals surface area contributed by atoms with Crippen LogP contribution in [-0.2, 0) is 6.18 Å². The zero-order valence-corrected chi connectivity index (χ0v) is 18.8. The molecule has 9 heteroatoms. The van der Waals surface area contributed by atoms with Gasteiger partial charge in [-0.25, -0.2) is 4.98 Å². The number of benzene rings is 2. The van der Waals surface area contributed by atoms with E-state index >= 15 is 0 Å². The lowest BCUT2D eigenvalue weighted by Crippen LogP contribution is -2.28. The Bertz CT molecular complexity index is 1140. The highest BCUT2D eigenvalue weighted by Gasteiger charge is 2.30. The molecule has 1 N–H and O–H groups in total. The van der Waals surface area contributed by atoms with Crippen LogP contribution in [0.2, 0.25) is 0 Å². The molecule has 1 aromatic heterocycles. The fraction of sp³-hybridized carbons (Fsp3) is 0.304. The van der Waals surface area contributed by atoms with Crippen LogP contribution in [0.4, 0.5) is 13.2 Å². The zero-order valence-electron chi connectivity index (χ0n) is 18.0. The highest BCUT2D eigenvalue weighted by atomic mass is 32.2. The topological polar surface area (TPSA) is 64.4 Å². The smallest absolute Gasteiger partial charge is 0.416 e. The molecular formula is C23H23F3N2O3S. The van der Waals surface area contributed by atoms with E-state index in [0.717, 1.165) is 35.0 Å². The Morgan fingerprint density at radius 3 is 2.22 bits per heavy atom. The van der Waals surface area contributed by atoms with Crippen LogP contribution in [-0.4, -0.2) is 26.9 Å². The number of ether oxygens (including phenoxy) is 1. The van der Waals surface area contributed by atoms with Crippen LogP contribution in [0.5, 0.6) is 5.75 Å². The Kier molecular flexibility index (Phi) is 6.71. The van der Waals surface area contributed by atoms with E-state index < -0.39 is 17.3 Å². The fourth-order valence-corrected chi connectivity index (χ4v) is 3.83. The summed E-state index contributed by atoms with van der Waals surface area (Å²) < 4.78 is 45.5. The third kappa shape index (κ3) is 5.72. The minimum Gasteiger partial charge on any atom is -0.490 e. The van der Waals surface area contributed by atoms with Crippen molar-refractivity contribution in [2.24, 2.45) is 0 Å². The number of aromatic nitrogens is 2. The van der Waals surface area contributed by atoms with Gasteiger partial charge in [-0.2, -0.15) is 13.2 Å². The summed E-state index contributed by atoms with van der Waals surface area (Å²) in [5.41, 5.74) is 0.0795. The highest BCUT2D eigenvalue weighted by Crippen LogP contribution is 2.32. The van der Waals surface area contributed by atoms with Crippen LogP contribution in [0.3, 0.4) is 0 Å². The molecule has 0 aliphatic heterocycles. The van der Waals surface area contributed by atoms with Crippen molar-refractivity contribution in [3.05, 3.63) is 75.8 Å². The van der Waals surface area contributed by atoms with Crippen molar-refractivity contribution in [3.63, 3.8) is 0 Å². The normalized spacial score (nSPS) is 12.1. The van der Waals surface area contributed by atoms with Crippen molar-refractivity contribution in [2.45, 2.75) is 49.4 Å². The lowest BCUT2D eigenvalue weighted by atomic mass is 10.1. The van der Waals surface area contributed by atoms with E-state index in [0.29, 0.717) is 16.3 Å². The number of halogens is 3. The number of alkyl halides is 3. The van der Waals surface area contributed by atoms with Gasteiger partial charge in [0.2, 0.25) is 0 Å². The highest BCUT2D eigenvalue weighted by molar-refractivity contribution is 7.99. The summed E-state index contributed by atoms with van der Waals surface area (Å²) >= 11 is 1.00. The second kappa shape index (κ2) is 8.99. The lowest BCUT2D eigenvalue weighted by Gasteiger charge is -2.21. The van der Waals surface area contributed by atoms with Crippen LogP contribution in [0, 0.1) is 13.8 Å². The number of aliphatic hydroxyl groups is 1. The Balaban J connectivity index is 1.89. The molecule has 0 amide bonds. The number of nitrogens with zero attached hydrogens (tertiary/aromatic N) is 2. The van der Waals surface area contributed by atoms with E-state index in [-0.39, 0.29) is 17.2 Å². The van der Waals surface area contributed by atoms with Gasteiger partial charge in [-0.05, 0) is 75.2 Å². The second-order valence-electron chi connectivity index (χ2n) is 8.04. The third-order valence-electron chi connectivity index (χ3n) is 4.50. The summed E-state index contributed by atoms with van der Waals surface area (Å²) in [6.45, 7) is 7.12. The molecule has 0 radical (unpaired) electrons. The van der Waals surface area contributed by atoms with Gasteiger partial charge >= 0.3 is 6.18 Å². The molecule has 0 fully saturated rings. The summed E-state index contributed by atoms with van der Waals surface area (Å²) in [5.74, 6) is 0.636. The molecule has 0 bridgehead atoms. The van der Waals surface area contributed by atoms with Gasteiger partial charge in [0, 0.05) is 23.0 Å². The number of aryl methyl sites for hydroxylation is 2. The van der Waals surface area contributed by atoms with Crippen molar-refractivity contribution in [1.82, 2.24) is 9.55 Å². The predicted molar refractivity (Wildman–Crippen MR) is 117 cm³/mol. The number of rotatable bonds is 6. The third-order valence-corrected chi connectivity index (χ3v) is 5.48. The van der Waals surface area contributed by atoms with Gasteiger partial charge in [-0.3, -0.25) is 9.36 Å². The summed E-state index contributed by atoms with van der Waals surface area (Å²) in [5, 5.41) is 10.0. The van der Waals surface area contributed by atoms with Crippen LogP contribution in [0.1, 0.15) is 30.5 Å². The minimum absolute atomic E-state index is 0.122. The first-order valence-electron chi connectivity index (χ1n) is 9.75. The largest absolute Gasteiger partial charge is 0.490 e. The van der Waals surface area contributed by atoms with Crippen LogP contribution >= 0.6 is 11.8 Å². The summed E-state index contributed by atoms with van der Waals surface area (Å²) in [6.07, 6.45) is -1.42. The molecule has 2 aromatic carbocycles. The van der Waals surface area contributed by atoms with Crippen molar-refractivity contribution in [2.75, 3.05) is 6.61 Å². The Hall–Kier alpha value is -2.78. The van der Waals surface area contributed by atoms with E-state index in [1.165, 1.54) is 29.1 Å². The maximum atomic E-state index is 13.0. The Morgan fingerprint density at radius 2 is 1.69 bits per heavy atom. The molecule has 0 saturated carbocycles. The van der Waals surface area contributed by atoms with Crippen molar-refractivity contribution in [3.8, 4) is 11.4 Å². The van der Waals surface area contributed by atoms with Gasteiger partial charge in [-0.1, -0.05) is 11.8 Å². The molecule has 1 heterocycles. The van der Waals surface area contributed by atoms with Crippen LogP contribution in [0.25, 0.3) is 5.69 Å². The van der Waals surface area contributed by atoms with E-state index in [2.05, 4.69) is 4.98 Å². The number of hydrogen-bond donors (Lipinski definition) is 1. The maximum absolute atomic E-state index is 13.0. The molecule has 32 heavy (non-hydrogen) atoms. The molecule has 3 rings (SSSR count). The van der Waals surface area contributed by atoms with Crippen LogP contribution in [0.15, 0.2) is 63.5 Å². The lowest BCUT2D eigenvalue weighted by molar-refractivity contribution is -0.137. The van der Waals surface area contributed by atoms with E-state index in [1.807, 2.05) is 13.8 Å². The average molecular weight is 465 g/mol. The molecule has 0 spiro atoms. The molecule has 0 aliphatic rings. The van der Waals surface area contributed by atoms with Gasteiger partial charge in [0.25, 0.3) is 5.56 Å². The molecule has 3 aromatic rings. The van der Waals surface area contributed by atoms with E-state index in [1.54, 1.807) is 26.0 Å². The average Bonchev–Trinajstić information content (AvgIpc) is 2.67. The predicted octanol–water partition coefficient (Wildman–Crippen LogP) is 5.17. The Labute approximate surface area is 187 Å². The van der Waals surface area contributed by atoms with Gasteiger partial charge in [0.1, 0.15) is 12.4 Å². The molecule has 170 valence electrons. The summed E-state index contributed by atoms with van der Waals surface area (Å²) in [6, 6.07) is 8.16. The van der Waals surface area contributed by atoms with Crippen molar-refractivity contribution < 1.29 is 23.0 Å². The number of hydrogen-bond acceptors (Lipinski definition) is 5. The first kappa shape index (κ1) is 23.9. The molecule has 0 atom stereocenters. The van der Waals surface area contributed by atoms with E-state index in [4.69, 9.17) is 4.74 Å². The Morgan fingerprint density at radius 1 is 1.09 bits per heavy atom. The molecule has 0 saturated heterocycles. The van der Waals surface area contributed by atoms with Crippen molar-refractivity contribution >= 4 is 11.8 Å². The first-order valence-corrected chi connectivity index (χ1v) is 10.6. The summed E-state index contributed by atoms with van der Waals surface area (Å²) in [7, 11) is 0. The summed E-state index contributed by atoms with van der Waals surface area (Å²) in [4.78, 5) is 17.6.